The molecule has 2 aromatic rings. The van der Waals surface area contributed by atoms with Gasteiger partial charge in [-0.3, -0.25) is 0 Å². The van der Waals surface area contributed by atoms with Gasteiger partial charge in [0.15, 0.2) is 5.82 Å². The van der Waals surface area contributed by atoms with Crippen LogP contribution in [0.25, 0.3) is 11.0 Å². The predicted molar refractivity (Wildman–Crippen MR) is 59.1 cm³/mol. The highest BCUT2D eigenvalue weighted by molar-refractivity contribution is 5.89. The quantitative estimate of drug-likeness (QED) is 0.721. The number of pyridine rings is 1. The van der Waals surface area contributed by atoms with Crippen molar-refractivity contribution in [3.05, 3.63) is 24.3 Å². The molecule has 0 aromatic carbocycles. The van der Waals surface area contributed by atoms with Gasteiger partial charge in [0.1, 0.15) is 5.65 Å². The number of aromatic nitrogens is 2. The van der Waals surface area contributed by atoms with Crippen LogP contribution in [0, 0.1) is 5.82 Å². The van der Waals surface area contributed by atoms with Crippen LogP contribution in [0.2, 0.25) is 0 Å². The first-order chi connectivity index (χ1) is 6.91. The van der Waals surface area contributed by atoms with Crippen LogP contribution in [-0.4, -0.2) is 9.55 Å². The predicted octanol–water partition coefficient (Wildman–Crippen LogP) is 2.51. The highest BCUT2D eigenvalue weighted by Gasteiger charge is 2.20. The summed E-state index contributed by atoms with van der Waals surface area (Å²) in [5.74, 6) is -0.314. The van der Waals surface area contributed by atoms with Crippen LogP contribution in [-0.2, 0) is 5.54 Å². The zero-order valence-electron chi connectivity index (χ0n) is 9.08. The second-order valence-electron chi connectivity index (χ2n) is 4.62. The van der Waals surface area contributed by atoms with E-state index in [1.165, 1.54) is 6.20 Å². The Hall–Kier alpha value is -1.58. The highest BCUT2D eigenvalue weighted by atomic mass is 19.1. The Morgan fingerprint density at radius 1 is 1.40 bits per heavy atom. The number of nitrogen functional groups attached to an aromatic ring is 1. The number of fused-ring (bicyclic) bond motifs is 1. The number of hydrogen-bond donors (Lipinski definition) is 1. The minimum absolute atomic E-state index is 0.205. The first-order valence-corrected chi connectivity index (χ1v) is 4.83. The first kappa shape index (κ1) is 9.96. The molecule has 0 radical (unpaired) electrons. The van der Waals surface area contributed by atoms with E-state index in [1.54, 1.807) is 16.8 Å². The number of hydrogen-bond acceptors (Lipinski definition) is 2. The lowest BCUT2D eigenvalue weighted by atomic mass is 10.1. The normalized spacial score (nSPS) is 12.3. The second-order valence-corrected chi connectivity index (χ2v) is 4.62. The van der Waals surface area contributed by atoms with Crippen molar-refractivity contribution in [3.63, 3.8) is 0 Å². The van der Waals surface area contributed by atoms with E-state index >= 15 is 0 Å². The van der Waals surface area contributed by atoms with Gasteiger partial charge in [-0.25, -0.2) is 9.37 Å². The standard InChI is InChI=1S/C11H14FN3/c1-11(2,3)15-6-7(12)9-8(13)4-5-14-10(9)15/h4-6H,1-3H3,(H2,13,14). The van der Waals surface area contributed by atoms with Crippen molar-refractivity contribution in [1.29, 1.82) is 0 Å². The van der Waals surface area contributed by atoms with Crippen LogP contribution >= 0.6 is 0 Å². The Morgan fingerprint density at radius 3 is 2.67 bits per heavy atom. The molecule has 15 heavy (non-hydrogen) atoms. The van der Waals surface area contributed by atoms with Gasteiger partial charge in [-0.1, -0.05) is 0 Å². The van der Waals surface area contributed by atoms with E-state index in [0.717, 1.165) is 0 Å². The molecule has 0 fully saturated rings. The monoisotopic (exact) mass is 207 g/mol. The van der Waals surface area contributed by atoms with Crippen LogP contribution in [0.1, 0.15) is 20.8 Å². The smallest absolute Gasteiger partial charge is 0.152 e. The SMILES string of the molecule is CC(C)(C)n1cc(F)c2c(N)ccnc21. The van der Waals surface area contributed by atoms with Crippen molar-refractivity contribution >= 4 is 16.7 Å². The lowest BCUT2D eigenvalue weighted by Gasteiger charge is -2.21. The van der Waals surface area contributed by atoms with E-state index in [4.69, 9.17) is 5.73 Å². The topological polar surface area (TPSA) is 43.8 Å². The van der Waals surface area contributed by atoms with E-state index in [2.05, 4.69) is 4.98 Å². The molecule has 2 N–H and O–H groups in total. The maximum atomic E-state index is 13.7. The third-order valence-electron chi connectivity index (χ3n) is 2.40. The largest absolute Gasteiger partial charge is 0.398 e. The second kappa shape index (κ2) is 2.95. The molecular weight excluding hydrogens is 193 g/mol. The molecule has 0 aliphatic rings. The van der Waals surface area contributed by atoms with E-state index < -0.39 is 0 Å². The molecule has 2 heterocycles. The van der Waals surface area contributed by atoms with Gasteiger partial charge in [-0.05, 0) is 26.8 Å². The first-order valence-electron chi connectivity index (χ1n) is 4.83. The molecule has 0 saturated heterocycles. The van der Waals surface area contributed by atoms with Crippen molar-refractivity contribution in [2.45, 2.75) is 26.3 Å². The van der Waals surface area contributed by atoms with Crippen LogP contribution in [0.3, 0.4) is 0 Å². The summed E-state index contributed by atoms with van der Waals surface area (Å²) in [5, 5.41) is 0.410. The summed E-state index contributed by atoms with van der Waals surface area (Å²) in [5.41, 5.74) is 6.54. The van der Waals surface area contributed by atoms with Crippen LogP contribution < -0.4 is 5.73 Å². The fraction of sp³-hybridized carbons (Fsp3) is 0.364. The molecule has 0 atom stereocenters. The fourth-order valence-electron chi connectivity index (χ4n) is 1.64. The van der Waals surface area contributed by atoms with Gasteiger partial charge in [0.05, 0.1) is 5.39 Å². The van der Waals surface area contributed by atoms with Gasteiger partial charge in [0, 0.05) is 23.6 Å². The Bertz CT molecular complexity index is 508. The van der Waals surface area contributed by atoms with E-state index in [9.17, 15) is 4.39 Å². The zero-order chi connectivity index (χ0) is 11.2. The number of nitrogens with zero attached hydrogens (tertiary/aromatic N) is 2. The van der Waals surface area contributed by atoms with Crippen molar-refractivity contribution in [2.24, 2.45) is 0 Å². The van der Waals surface area contributed by atoms with Gasteiger partial charge in [-0.2, -0.15) is 0 Å². The summed E-state index contributed by atoms with van der Waals surface area (Å²) in [6.45, 7) is 5.99. The molecule has 0 aliphatic heterocycles. The summed E-state index contributed by atoms with van der Waals surface area (Å²) < 4.78 is 15.5. The van der Waals surface area contributed by atoms with Gasteiger partial charge in [-0.15, -0.1) is 0 Å². The number of anilines is 1. The molecule has 0 aliphatic carbocycles. The van der Waals surface area contributed by atoms with Crippen molar-refractivity contribution in [1.82, 2.24) is 9.55 Å². The summed E-state index contributed by atoms with van der Waals surface area (Å²) in [6, 6.07) is 1.61. The summed E-state index contributed by atoms with van der Waals surface area (Å²) in [6.07, 6.45) is 3.05. The lowest BCUT2D eigenvalue weighted by molar-refractivity contribution is 0.404. The van der Waals surface area contributed by atoms with Crippen molar-refractivity contribution in [3.8, 4) is 0 Å². The minimum atomic E-state index is -0.314. The molecule has 2 rings (SSSR count). The Labute approximate surface area is 87.7 Å². The lowest BCUT2D eigenvalue weighted by Crippen LogP contribution is -2.20. The summed E-state index contributed by atoms with van der Waals surface area (Å²) >= 11 is 0. The maximum Gasteiger partial charge on any atom is 0.152 e. The number of nitrogens with two attached hydrogens (primary N) is 1. The van der Waals surface area contributed by atoms with Crippen LogP contribution in [0.4, 0.5) is 10.1 Å². The van der Waals surface area contributed by atoms with E-state index in [1.807, 2.05) is 20.8 Å². The maximum absolute atomic E-state index is 13.7. The molecule has 3 nitrogen and oxygen atoms in total. The molecule has 0 amide bonds. The third-order valence-corrected chi connectivity index (χ3v) is 2.40. The Morgan fingerprint density at radius 2 is 2.07 bits per heavy atom. The molecule has 0 saturated carbocycles. The van der Waals surface area contributed by atoms with E-state index in [0.29, 0.717) is 16.7 Å². The number of rotatable bonds is 0. The van der Waals surface area contributed by atoms with Gasteiger partial charge in [0.2, 0.25) is 0 Å². The zero-order valence-corrected chi connectivity index (χ0v) is 9.08. The summed E-state index contributed by atoms with van der Waals surface area (Å²) in [4.78, 5) is 4.17. The van der Waals surface area contributed by atoms with Crippen molar-refractivity contribution in [2.75, 3.05) is 5.73 Å². The fourth-order valence-corrected chi connectivity index (χ4v) is 1.64. The molecule has 0 unspecified atom stereocenters. The van der Waals surface area contributed by atoms with Crippen molar-refractivity contribution < 1.29 is 4.39 Å². The molecule has 0 bridgehead atoms. The highest BCUT2D eigenvalue weighted by Crippen LogP contribution is 2.28. The Kier molecular flexibility index (Phi) is 1.96. The average Bonchev–Trinajstić information content (AvgIpc) is 2.44. The molecule has 4 heteroatoms. The third kappa shape index (κ3) is 1.46. The van der Waals surface area contributed by atoms with Crippen LogP contribution in [0.15, 0.2) is 18.5 Å². The number of halogens is 1. The van der Waals surface area contributed by atoms with Crippen LogP contribution in [0.5, 0.6) is 0 Å². The van der Waals surface area contributed by atoms with Gasteiger partial charge < -0.3 is 10.3 Å². The van der Waals surface area contributed by atoms with E-state index in [-0.39, 0.29) is 11.4 Å². The minimum Gasteiger partial charge on any atom is -0.398 e. The molecule has 0 spiro atoms. The van der Waals surface area contributed by atoms with Gasteiger partial charge in [0.25, 0.3) is 0 Å². The molecular formula is C11H14FN3. The van der Waals surface area contributed by atoms with Gasteiger partial charge >= 0.3 is 0 Å². The molecule has 80 valence electrons. The molecule has 2 aromatic heterocycles. The average molecular weight is 207 g/mol. The summed E-state index contributed by atoms with van der Waals surface area (Å²) in [7, 11) is 0. The Balaban J connectivity index is 2.85.